The maximum absolute atomic E-state index is 2.50. The van der Waals surface area contributed by atoms with Crippen LogP contribution in [0.1, 0.15) is 0 Å². The third kappa shape index (κ3) is 4.06. The lowest BCUT2D eigenvalue weighted by Crippen LogP contribution is -1.97. The molecule has 0 aliphatic heterocycles. The molecule has 0 aliphatic rings. The summed E-state index contributed by atoms with van der Waals surface area (Å²) in [6, 6.07) is 68.4. The average molecular weight is 650 g/mol. The van der Waals surface area contributed by atoms with Crippen molar-refractivity contribution in [1.82, 2.24) is 13.7 Å². The van der Waals surface area contributed by atoms with Crippen molar-refractivity contribution in [2.45, 2.75) is 0 Å². The highest BCUT2D eigenvalue weighted by Crippen LogP contribution is 2.43. The van der Waals surface area contributed by atoms with Crippen LogP contribution in [0, 0.1) is 0 Å². The number of para-hydroxylation sites is 4. The van der Waals surface area contributed by atoms with Crippen LogP contribution in [0.2, 0.25) is 0 Å². The Morgan fingerprint density at radius 1 is 0.255 bits per heavy atom. The van der Waals surface area contributed by atoms with Crippen LogP contribution in [0.4, 0.5) is 0 Å². The van der Waals surface area contributed by atoms with Crippen LogP contribution in [0.15, 0.2) is 188 Å². The van der Waals surface area contributed by atoms with Crippen molar-refractivity contribution in [1.29, 1.82) is 0 Å². The summed E-state index contributed by atoms with van der Waals surface area (Å²) in [5.41, 5.74) is 13.1. The van der Waals surface area contributed by atoms with Gasteiger partial charge in [0.1, 0.15) is 0 Å². The topological polar surface area (TPSA) is 14.8 Å². The third-order valence-corrected chi connectivity index (χ3v) is 10.6. The molecule has 0 saturated heterocycles. The van der Waals surface area contributed by atoms with E-state index in [2.05, 4.69) is 202 Å². The summed E-state index contributed by atoms with van der Waals surface area (Å²) in [5.74, 6) is 0. The summed E-state index contributed by atoms with van der Waals surface area (Å²) < 4.78 is 7.34. The van der Waals surface area contributed by atoms with Gasteiger partial charge in [0.2, 0.25) is 0 Å². The number of hydrogen-bond donors (Lipinski definition) is 0. The molecule has 0 fully saturated rings. The van der Waals surface area contributed by atoms with Crippen LogP contribution in [0.5, 0.6) is 0 Å². The Labute approximate surface area is 294 Å². The van der Waals surface area contributed by atoms with Gasteiger partial charge in [0.25, 0.3) is 0 Å². The number of rotatable bonds is 4. The maximum atomic E-state index is 2.50. The zero-order valence-electron chi connectivity index (χ0n) is 27.7. The molecule has 0 bridgehead atoms. The molecule has 8 aromatic carbocycles. The molecule has 0 spiro atoms. The first-order valence-electron chi connectivity index (χ1n) is 17.5. The van der Waals surface area contributed by atoms with Gasteiger partial charge in [-0.15, -0.1) is 0 Å². The first-order chi connectivity index (χ1) is 25.3. The molecule has 11 rings (SSSR count). The highest BCUT2D eigenvalue weighted by Gasteiger charge is 2.21. The van der Waals surface area contributed by atoms with Gasteiger partial charge in [0.05, 0.1) is 38.8 Å². The van der Waals surface area contributed by atoms with E-state index in [0.29, 0.717) is 0 Å². The lowest BCUT2D eigenvalue weighted by atomic mass is 10.1. The molecule has 0 saturated carbocycles. The second-order valence-corrected chi connectivity index (χ2v) is 13.4. The predicted octanol–water partition coefficient (Wildman–Crippen LogP) is 12.6. The van der Waals surface area contributed by atoms with Crippen LogP contribution in [-0.2, 0) is 0 Å². The number of hydrogen-bond acceptors (Lipinski definition) is 0. The molecular formula is C48H31N3. The highest BCUT2D eigenvalue weighted by molar-refractivity contribution is 6.21. The second-order valence-electron chi connectivity index (χ2n) is 13.4. The summed E-state index contributed by atoms with van der Waals surface area (Å²) >= 11 is 0. The van der Waals surface area contributed by atoms with Gasteiger partial charge in [-0.25, -0.2) is 0 Å². The van der Waals surface area contributed by atoms with E-state index in [-0.39, 0.29) is 0 Å². The second kappa shape index (κ2) is 10.8. The minimum absolute atomic E-state index is 1.15. The summed E-state index contributed by atoms with van der Waals surface area (Å²) in [6.45, 7) is 0. The van der Waals surface area contributed by atoms with Crippen molar-refractivity contribution >= 4 is 65.4 Å². The van der Waals surface area contributed by atoms with E-state index in [0.717, 1.165) is 11.4 Å². The first-order valence-corrected chi connectivity index (χ1v) is 17.5. The lowest BCUT2D eigenvalue weighted by molar-refractivity contribution is 1.16. The molecule has 0 N–H and O–H groups in total. The largest absolute Gasteiger partial charge is 0.309 e. The molecule has 3 heterocycles. The smallest absolute Gasteiger partial charge is 0.0562 e. The summed E-state index contributed by atoms with van der Waals surface area (Å²) in [6.07, 6.45) is 0. The van der Waals surface area contributed by atoms with Crippen molar-refractivity contribution in [2.24, 2.45) is 0 Å². The van der Waals surface area contributed by atoms with E-state index in [9.17, 15) is 0 Å². The summed E-state index contributed by atoms with van der Waals surface area (Å²) in [4.78, 5) is 0. The zero-order chi connectivity index (χ0) is 33.5. The van der Waals surface area contributed by atoms with Crippen LogP contribution >= 0.6 is 0 Å². The van der Waals surface area contributed by atoms with E-state index in [1.54, 1.807) is 0 Å². The van der Waals surface area contributed by atoms with Gasteiger partial charge >= 0.3 is 0 Å². The molecule has 0 unspecified atom stereocenters. The van der Waals surface area contributed by atoms with Gasteiger partial charge < -0.3 is 13.7 Å². The standard InChI is InChI=1S/C48H31N3/c1-3-15-32(16-4-1)33-17-13-20-35(29-33)50-41-24-10-7-21-36(41)39-30-40-37-22-8-11-25-42(37)51(47(40)31-46(39)50)45-28-14-27-44-48(45)38-23-9-12-26-43(38)49(44)34-18-5-2-6-19-34/h1-31H. The fourth-order valence-electron chi connectivity index (χ4n) is 8.47. The molecule has 3 heteroatoms. The van der Waals surface area contributed by atoms with Crippen LogP contribution in [-0.4, -0.2) is 13.7 Å². The fraction of sp³-hybridized carbons (Fsp3) is 0. The normalized spacial score (nSPS) is 11.9. The minimum atomic E-state index is 1.15. The molecule has 3 nitrogen and oxygen atoms in total. The molecule has 0 aliphatic carbocycles. The Balaban J connectivity index is 1.26. The number of benzene rings is 8. The molecule has 3 aromatic heterocycles. The van der Waals surface area contributed by atoms with Crippen molar-refractivity contribution in [3.8, 4) is 28.2 Å². The van der Waals surface area contributed by atoms with Crippen LogP contribution in [0.25, 0.3) is 93.6 Å². The Morgan fingerprint density at radius 3 is 1.47 bits per heavy atom. The molecule has 0 amide bonds. The molecule has 238 valence electrons. The monoisotopic (exact) mass is 649 g/mol. The van der Waals surface area contributed by atoms with E-state index in [1.165, 1.54) is 82.2 Å². The SMILES string of the molecule is c1ccc(-c2cccc(-n3c4ccccc4c4cc5c6ccccc6n(-c6cccc7c6c6ccccc6n7-c6ccccc6)c5cc43)c2)cc1. The fourth-order valence-corrected chi connectivity index (χ4v) is 8.47. The van der Waals surface area contributed by atoms with Gasteiger partial charge in [-0.05, 0) is 77.9 Å². The van der Waals surface area contributed by atoms with Gasteiger partial charge in [-0.2, -0.15) is 0 Å². The molecular weight excluding hydrogens is 619 g/mol. The van der Waals surface area contributed by atoms with E-state index < -0.39 is 0 Å². The maximum Gasteiger partial charge on any atom is 0.0562 e. The van der Waals surface area contributed by atoms with Gasteiger partial charge in [0, 0.05) is 43.7 Å². The first kappa shape index (κ1) is 28.0. The summed E-state index contributed by atoms with van der Waals surface area (Å²) in [5, 5.41) is 7.50. The van der Waals surface area contributed by atoms with Crippen LogP contribution < -0.4 is 0 Å². The predicted molar refractivity (Wildman–Crippen MR) is 215 cm³/mol. The van der Waals surface area contributed by atoms with Crippen molar-refractivity contribution in [2.75, 3.05) is 0 Å². The third-order valence-electron chi connectivity index (χ3n) is 10.6. The van der Waals surface area contributed by atoms with E-state index in [1.807, 2.05) is 0 Å². The molecule has 0 atom stereocenters. The van der Waals surface area contributed by atoms with Crippen molar-refractivity contribution in [3.05, 3.63) is 188 Å². The van der Waals surface area contributed by atoms with Gasteiger partial charge in [-0.3, -0.25) is 0 Å². The average Bonchev–Trinajstić information content (AvgIpc) is 3.83. The van der Waals surface area contributed by atoms with E-state index in [4.69, 9.17) is 0 Å². The Hall–Kier alpha value is -6.84. The number of aromatic nitrogens is 3. The molecule has 51 heavy (non-hydrogen) atoms. The van der Waals surface area contributed by atoms with Crippen molar-refractivity contribution in [3.63, 3.8) is 0 Å². The minimum Gasteiger partial charge on any atom is -0.309 e. The Bertz CT molecular complexity index is 3120. The van der Waals surface area contributed by atoms with Gasteiger partial charge in [0.15, 0.2) is 0 Å². The Kier molecular flexibility index (Phi) is 5.96. The zero-order valence-corrected chi connectivity index (χ0v) is 27.7. The summed E-state index contributed by atoms with van der Waals surface area (Å²) in [7, 11) is 0. The number of fused-ring (bicyclic) bond motifs is 9. The number of nitrogens with zero attached hydrogens (tertiary/aromatic N) is 3. The van der Waals surface area contributed by atoms with Gasteiger partial charge in [-0.1, -0.05) is 121 Å². The highest BCUT2D eigenvalue weighted by atomic mass is 15.0. The lowest BCUT2D eigenvalue weighted by Gasteiger charge is -2.13. The van der Waals surface area contributed by atoms with Crippen molar-refractivity contribution < 1.29 is 0 Å². The Morgan fingerprint density at radius 2 is 0.745 bits per heavy atom. The molecule has 11 aromatic rings. The van der Waals surface area contributed by atoms with Crippen LogP contribution in [0.3, 0.4) is 0 Å². The molecule has 0 radical (unpaired) electrons. The quantitative estimate of drug-likeness (QED) is 0.180. The van der Waals surface area contributed by atoms with E-state index >= 15 is 0 Å².